The Labute approximate surface area is 115 Å². The fourth-order valence-electron chi connectivity index (χ4n) is 2.02. The van der Waals surface area contributed by atoms with Crippen LogP contribution in [-0.4, -0.2) is 15.5 Å². The van der Waals surface area contributed by atoms with E-state index in [1.807, 2.05) is 36.4 Å². The molecule has 3 aromatic rings. The molecule has 3 rings (SSSR count). The van der Waals surface area contributed by atoms with Gasteiger partial charge in [0, 0.05) is 5.02 Å². The number of halogens is 1. The van der Waals surface area contributed by atoms with E-state index in [4.69, 9.17) is 11.6 Å². The summed E-state index contributed by atoms with van der Waals surface area (Å²) in [4.78, 5) is 16.5. The Morgan fingerprint density at radius 1 is 1.11 bits per heavy atom. The molecule has 0 bridgehead atoms. The molecule has 1 heterocycles. The van der Waals surface area contributed by atoms with Crippen molar-refractivity contribution in [3.63, 3.8) is 0 Å². The van der Waals surface area contributed by atoms with Crippen LogP contribution in [0.25, 0.3) is 11.0 Å². The minimum absolute atomic E-state index is 0.00368. The van der Waals surface area contributed by atoms with Crippen molar-refractivity contribution in [3.05, 3.63) is 65.4 Å². The predicted molar refractivity (Wildman–Crippen MR) is 75.5 cm³/mol. The summed E-state index contributed by atoms with van der Waals surface area (Å²) in [6, 6.07) is 14.9. The van der Waals surface area contributed by atoms with E-state index in [1.165, 1.54) is 0 Å². The summed E-state index contributed by atoms with van der Waals surface area (Å²) in [5, 5.41) is 0.671. The molecule has 0 aliphatic carbocycles. The quantitative estimate of drug-likeness (QED) is 0.713. The Hall–Kier alpha value is -2.13. The highest BCUT2D eigenvalue weighted by molar-refractivity contribution is 6.30. The molecule has 1 aromatic heterocycles. The van der Waals surface area contributed by atoms with Crippen LogP contribution in [-0.2, 0) is 6.42 Å². The van der Waals surface area contributed by atoms with Crippen LogP contribution in [0, 0.1) is 0 Å². The van der Waals surface area contributed by atoms with E-state index in [-0.39, 0.29) is 5.91 Å². The number of aromatic nitrogens is 2. The molecule has 0 amide bonds. The van der Waals surface area contributed by atoms with Crippen LogP contribution in [0.5, 0.6) is 0 Å². The summed E-state index contributed by atoms with van der Waals surface area (Å²) in [6.07, 6.45) is 1.90. The van der Waals surface area contributed by atoms with Crippen molar-refractivity contribution < 1.29 is 4.79 Å². The number of benzene rings is 2. The van der Waals surface area contributed by atoms with Gasteiger partial charge in [0.25, 0.3) is 0 Å². The average molecular weight is 271 g/mol. The van der Waals surface area contributed by atoms with Gasteiger partial charge in [0.15, 0.2) is 0 Å². The Balaban J connectivity index is 1.90. The van der Waals surface area contributed by atoms with Gasteiger partial charge in [-0.1, -0.05) is 35.9 Å². The van der Waals surface area contributed by atoms with Crippen LogP contribution in [0.2, 0.25) is 5.02 Å². The molecule has 0 saturated heterocycles. The first kappa shape index (κ1) is 11.9. The summed E-state index contributed by atoms with van der Waals surface area (Å²) in [5.74, 6) is -0.00368. The number of imidazole rings is 1. The van der Waals surface area contributed by atoms with E-state index in [9.17, 15) is 4.79 Å². The average Bonchev–Trinajstić information content (AvgIpc) is 2.85. The summed E-state index contributed by atoms with van der Waals surface area (Å²) >= 11 is 5.83. The number of para-hydroxylation sites is 2. The zero-order valence-corrected chi connectivity index (χ0v) is 10.8. The van der Waals surface area contributed by atoms with Gasteiger partial charge in [-0.3, -0.25) is 9.36 Å². The van der Waals surface area contributed by atoms with Gasteiger partial charge in [0.05, 0.1) is 17.5 Å². The van der Waals surface area contributed by atoms with Gasteiger partial charge in [0.2, 0.25) is 5.91 Å². The molecule has 3 nitrogen and oxygen atoms in total. The molecule has 0 N–H and O–H groups in total. The molecule has 94 valence electrons. The maximum absolute atomic E-state index is 12.3. The number of hydrogen-bond acceptors (Lipinski definition) is 2. The molecule has 2 aromatic carbocycles. The number of nitrogens with zero attached hydrogens (tertiary/aromatic N) is 2. The maximum Gasteiger partial charge on any atom is 0.236 e. The highest BCUT2D eigenvalue weighted by Crippen LogP contribution is 2.14. The number of fused-ring (bicyclic) bond motifs is 1. The second kappa shape index (κ2) is 4.86. The lowest BCUT2D eigenvalue weighted by Crippen LogP contribution is -2.12. The third-order valence-electron chi connectivity index (χ3n) is 2.99. The van der Waals surface area contributed by atoms with Crippen molar-refractivity contribution in [1.29, 1.82) is 0 Å². The van der Waals surface area contributed by atoms with Crippen LogP contribution in [0.4, 0.5) is 0 Å². The van der Waals surface area contributed by atoms with E-state index >= 15 is 0 Å². The third-order valence-corrected chi connectivity index (χ3v) is 3.24. The van der Waals surface area contributed by atoms with Crippen molar-refractivity contribution in [2.24, 2.45) is 0 Å². The van der Waals surface area contributed by atoms with E-state index < -0.39 is 0 Å². The Kier molecular flexibility index (Phi) is 3.05. The minimum atomic E-state index is -0.00368. The second-order valence-corrected chi connectivity index (χ2v) is 4.74. The summed E-state index contributed by atoms with van der Waals surface area (Å²) in [7, 11) is 0. The van der Waals surface area contributed by atoms with Crippen LogP contribution in [0.3, 0.4) is 0 Å². The first-order valence-corrected chi connectivity index (χ1v) is 6.31. The van der Waals surface area contributed by atoms with Crippen molar-refractivity contribution in [2.75, 3.05) is 0 Å². The topological polar surface area (TPSA) is 34.9 Å². The van der Waals surface area contributed by atoms with Gasteiger partial charge < -0.3 is 0 Å². The lowest BCUT2D eigenvalue weighted by molar-refractivity contribution is 0.0919. The van der Waals surface area contributed by atoms with Crippen molar-refractivity contribution >= 4 is 28.5 Å². The summed E-state index contributed by atoms with van der Waals surface area (Å²) in [5.41, 5.74) is 2.60. The fourth-order valence-corrected chi connectivity index (χ4v) is 2.15. The molecule has 4 heteroatoms. The van der Waals surface area contributed by atoms with Gasteiger partial charge in [-0.05, 0) is 29.8 Å². The van der Waals surface area contributed by atoms with Crippen molar-refractivity contribution in [1.82, 2.24) is 9.55 Å². The molecule has 0 aliphatic rings. The minimum Gasteiger partial charge on any atom is -0.274 e. The highest BCUT2D eigenvalue weighted by Gasteiger charge is 2.10. The molecule has 0 unspecified atom stereocenters. The van der Waals surface area contributed by atoms with Gasteiger partial charge in [-0.15, -0.1) is 0 Å². The number of carbonyl (C=O) groups excluding carboxylic acids is 1. The Morgan fingerprint density at radius 2 is 1.84 bits per heavy atom. The summed E-state index contributed by atoms with van der Waals surface area (Å²) in [6.45, 7) is 0. The van der Waals surface area contributed by atoms with Crippen LogP contribution in [0.1, 0.15) is 10.4 Å². The lowest BCUT2D eigenvalue weighted by Gasteiger charge is -2.03. The van der Waals surface area contributed by atoms with Gasteiger partial charge in [0.1, 0.15) is 6.33 Å². The van der Waals surface area contributed by atoms with Gasteiger partial charge >= 0.3 is 0 Å². The van der Waals surface area contributed by atoms with Crippen molar-refractivity contribution in [3.8, 4) is 0 Å². The maximum atomic E-state index is 12.3. The second-order valence-electron chi connectivity index (χ2n) is 4.30. The van der Waals surface area contributed by atoms with E-state index in [0.29, 0.717) is 11.4 Å². The number of rotatable bonds is 2. The van der Waals surface area contributed by atoms with E-state index in [0.717, 1.165) is 16.6 Å². The molecule has 0 aliphatic heterocycles. The molecule has 0 atom stereocenters. The lowest BCUT2D eigenvalue weighted by atomic mass is 10.1. The predicted octanol–water partition coefficient (Wildman–Crippen LogP) is 3.57. The number of hydrogen-bond donors (Lipinski definition) is 0. The van der Waals surface area contributed by atoms with Crippen LogP contribution >= 0.6 is 11.6 Å². The van der Waals surface area contributed by atoms with Crippen LogP contribution in [0.15, 0.2) is 54.9 Å². The fraction of sp³-hybridized carbons (Fsp3) is 0.0667. The van der Waals surface area contributed by atoms with E-state index in [2.05, 4.69) is 4.98 Å². The van der Waals surface area contributed by atoms with Crippen molar-refractivity contribution in [2.45, 2.75) is 6.42 Å². The molecule has 19 heavy (non-hydrogen) atoms. The first-order chi connectivity index (χ1) is 9.24. The smallest absolute Gasteiger partial charge is 0.236 e. The monoisotopic (exact) mass is 270 g/mol. The Morgan fingerprint density at radius 3 is 2.63 bits per heavy atom. The zero-order chi connectivity index (χ0) is 13.2. The first-order valence-electron chi connectivity index (χ1n) is 5.94. The molecular weight excluding hydrogens is 260 g/mol. The SMILES string of the molecule is O=C(Cc1ccc(Cl)cc1)n1cnc2ccccc21. The zero-order valence-electron chi connectivity index (χ0n) is 10.1. The summed E-state index contributed by atoms with van der Waals surface area (Å²) < 4.78 is 1.59. The molecule has 0 fully saturated rings. The normalized spacial score (nSPS) is 10.8. The highest BCUT2D eigenvalue weighted by atomic mass is 35.5. The standard InChI is InChI=1S/C15H11ClN2O/c16-12-7-5-11(6-8-12)9-15(19)18-10-17-13-3-1-2-4-14(13)18/h1-8,10H,9H2. The number of carbonyl (C=O) groups is 1. The van der Waals surface area contributed by atoms with Gasteiger partial charge in [-0.25, -0.2) is 4.98 Å². The van der Waals surface area contributed by atoms with Crippen LogP contribution < -0.4 is 0 Å². The Bertz CT molecular complexity index is 731. The molecule has 0 saturated carbocycles. The van der Waals surface area contributed by atoms with E-state index in [1.54, 1.807) is 23.0 Å². The van der Waals surface area contributed by atoms with Gasteiger partial charge in [-0.2, -0.15) is 0 Å². The molecule has 0 spiro atoms. The third kappa shape index (κ3) is 2.37. The molecular formula is C15H11ClN2O. The largest absolute Gasteiger partial charge is 0.274 e. The molecule has 0 radical (unpaired) electrons.